The standard InChI is InChI=1S/C23H28N4O2S/c1-5-27-22(19-8-6-7-16(2)14-19)25-26-23(27)30-15-21(28)24-12-11-18-13-17(3)9-10-20(18)29-4/h6-10,13-14H,5,11-12,15H2,1-4H3,(H,24,28). The van der Waals surface area contributed by atoms with E-state index in [4.69, 9.17) is 4.74 Å². The minimum atomic E-state index is -0.0191. The highest BCUT2D eigenvalue weighted by Gasteiger charge is 2.14. The first kappa shape index (κ1) is 21.9. The number of hydrogen-bond acceptors (Lipinski definition) is 5. The lowest BCUT2D eigenvalue weighted by molar-refractivity contribution is -0.118. The highest BCUT2D eigenvalue weighted by atomic mass is 32.2. The molecule has 2 aromatic carbocycles. The summed E-state index contributed by atoms with van der Waals surface area (Å²) in [6, 6.07) is 14.3. The molecule has 0 fully saturated rings. The lowest BCUT2D eigenvalue weighted by Crippen LogP contribution is -2.27. The van der Waals surface area contributed by atoms with Crippen LogP contribution in [-0.4, -0.2) is 40.1 Å². The van der Waals surface area contributed by atoms with Gasteiger partial charge in [-0.3, -0.25) is 4.79 Å². The zero-order valence-corrected chi connectivity index (χ0v) is 18.8. The molecule has 158 valence electrons. The Bertz CT molecular complexity index is 1020. The number of methoxy groups -OCH3 is 1. The van der Waals surface area contributed by atoms with E-state index in [1.165, 1.54) is 22.9 Å². The molecule has 0 spiro atoms. The number of ether oxygens (including phenoxy) is 1. The zero-order valence-electron chi connectivity index (χ0n) is 17.9. The first-order valence-electron chi connectivity index (χ1n) is 10.0. The summed E-state index contributed by atoms with van der Waals surface area (Å²) in [6.45, 7) is 7.47. The van der Waals surface area contributed by atoms with E-state index < -0.39 is 0 Å². The van der Waals surface area contributed by atoms with Crippen molar-refractivity contribution in [1.29, 1.82) is 0 Å². The van der Waals surface area contributed by atoms with Crippen LogP contribution in [0.2, 0.25) is 0 Å². The summed E-state index contributed by atoms with van der Waals surface area (Å²) in [5.41, 5.74) is 4.49. The number of hydrogen-bond donors (Lipinski definition) is 1. The van der Waals surface area contributed by atoms with Gasteiger partial charge < -0.3 is 14.6 Å². The minimum Gasteiger partial charge on any atom is -0.496 e. The fourth-order valence-corrected chi connectivity index (χ4v) is 4.13. The second-order valence-electron chi connectivity index (χ2n) is 7.12. The Morgan fingerprint density at radius 3 is 2.67 bits per heavy atom. The van der Waals surface area contributed by atoms with Gasteiger partial charge in [0, 0.05) is 18.7 Å². The van der Waals surface area contributed by atoms with Crippen LogP contribution in [0, 0.1) is 13.8 Å². The van der Waals surface area contributed by atoms with Crippen molar-refractivity contribution in [3.05, 3.63) is 59.2 Å². The third-order valence-electron chi connectivity index (χ3n) is 4.79. The maximum atomic E-state index is 12.3. The Morgan fingerprint density at radius 2 is 1.93 bits per heavy atom. The van der Waals surface area contributed by atoms with Gasteiger partial charge >= 0.3 is 0 Å². The topological polar surface area (TPSA) is 69.0 Å². The van der Waals surface area contributed by atoms with Crippen LogP contribution < -0.4 is 10.1 Å². The second kappa shape index (κ2) is 10.3. The summed E-state index contributed by atoms with van der Waals surface area (Å²) in [4.78, 5) is 12.3. The molecule has 3 rings (SSSR count). The van der Waals surface area contributed by atoms with Crippen molar-refractivity contribution in [1.82, 2.24) is 20.1 Å². The monoisotopic (exact) mass is 424 g/mol. The first-order chi connectivity index (χ1) is 14.5. The number of thioether (sulfide) groups is 1. The molecule has 0 unspecified atom stereocenters. The van der Waals surface area contributed by atoms with E-state index in [1.807, 2.05) is 35.8 Å². The van der Waals surface area contributed by atoms with Gasteiger partial charge in [-0.1, -0.05) is 53.2 Å². The number of carbonyl (C=O) groups is 1. The van der Waals surface area contributed by atoms with Gasteiger partial charge in [-0.25, -0.2) is 0 Å². The molecule has 1 heterocycles. The smallest absolute Gasteiger partial charge is 0.230 e. The van der Waals surface area contributed by atoms with Gasteiger partial charge in [0.05, 0.1) is 12.9 Å². The van der Waals surface area contributed by atoms with E-state index in [1.54, 1.807) is 7.11 Å². The van der Waals surface area contributed by atoms with E-state index in [0.717, 1.165) is 40.8 Å². The molecule has 1 aromatic heterocycles. The molecule has 0 atom stereocenters. The van der Waals surface area contributed by atoms with Crippen molar-refractivity contribution in [2.24, 2.45) is 0 Å². The van der Waals surface area contributed by atoms with Crippen LogP contribution in [0.1, 0.15) is 23.6 Å². The Morgan fingerprint density at radius 1 is 1.13 bits per heavy atom. The van der Waals surface area contributed by atoms with Gasteiger partial charge in [-0.05, 0) is 44.9 Å². The number of aromatic nitrogens is 3. The molecular weight excluding hydrogens is 396 g/mol. The van der Waals surface area contributed by atoms with Crippen molar-refractivity contribution in [3.63, 3.8) is 0 Å². The van der Waals surface area contributed by atoms with E-state index in [2.05, 4.69) is 47.6 Å². The molecule has 0 saturated heterocycles. The molecular formula is C23H28N4O2S. The van der Waals surface area contributed by atoms with Crippen LogP contribution in [0.4, 0.5) is 0 Å². The lowest BCUT2D eigenvalue weighted by atomic mass is 10.1. The summed E-state index contributed by atoms with van der Waals surface area (Å²) >= 11 is 1.41. The quantitative estimate of drug-likeness (QED) is 0.525. The molecule has 1 amide bonds. The molecule has 3 aromatic rings. The Balaban J connectivity index is 1.56. The van der Waals surface area contributed by atoms with Crippen LogP contribution in [0.15, 0.2) is 47.6 Å². The molecule has 0 saturated carbocycles. The maximum Gasteiger partial charge on any atom is 0.230 e. The van der Waals surface area contributed by atoms with E-state index >= 15 is 0 Å². The van der Waals surface area contributed by atoms with Gasteiger partial charge in [0.15, 0.2) is 11.0 Å². The van der Waals surface area contributed by atoms with Crippen LogP contribution in [-0.2, 0) is 17.8 Å². The Kier molecular flexibility index (Phi) is 7.52. The number of carbonyl (C=O) groups excluding carboxylic acids is 1. The largest absolute Gasteiger partial charge is 0.496 e. The summed E-state index contributed by atoms with van der Waals surface area (Å²) in [7, 11) is 1.66. The van der Waals surface area contributed by atoms with Gasteiger partial charge in [0.25, 0.3) is 0 Å². The molecule has 0 bridgehead atoms. The minimum absolute atomic E-state index is 0.0191. The third-order valence-corrected chi connectivity index (χ3v) is 5.76. The van der Waals surface area contributed by atoms with E-state index in [-0.39, 0.29) is 5.91 Å². The maximum absolute atomic E-state index is 12.3. The third kappa shape index (κ3) is 5.42. The lowest BCUT2D eigenvalue weighted by Gasteiger charge is -2.10. The molecule has 0 aliphatic carbocycles. The second-order valence-corrected chi connectivity index (χ2v) is 8.07. The molecule has 30 heavy (non-hydrogen) atoms. The number of benzene rings is 2. The predicted molar refractivity (Wildman–Crippen MR) is 121 cm³/mol. The van der Waals surface area contributed by atoms with Gasteiger partial charge in [-0.2, -0.15) is 0 Å². The van der Waals surface area contributed by atoms with Crippen molar-refractivity contribution < 1.29 is 9.53 Å². The number of aryl methyl sites for hydroxylation is 2. The van der Waals surface area contributed by atoms with Crippen molar-refractivity contribution in [2.75, 3.05) is 19.4 Å². The Hall–Kier alpha value is -2.80. The van der Waals surface area contributed by atoms with Crippen LogP contribution in [0.25, 0.3) is 11.4 Å². The van der Waals surface area contributed by atoms with Gasteiger partial charge in [-0.15, -0.1) is 10.2 Å². The number of nitrogens with one attached hydrogen (secondary N) is 1. The summed E-state index contributed by atoms with van der Waals surface area (Å²) in [5, 5.41) is 12.4. The molecule has 0 radical (unpaired) electrons. The van der Waals surface area contributed by atoms with Crippen molar-refractivity contribution in [2.45, 2.75) is 38.9 Å². The van der Waals surface area contributed by atoms with Crippen LogP contribution >= 0.6 is 11.8 Å². The average Bonchev–Trinajstić information content (AvgIpc) is 3.15. The van der Waals surface area contributed by atoms with E-state index in [9.17, 15) is 4.79 Å². The fraction of sp³-hybridized carbons (Fsp3) is 0.348. The molecule has 0 aliphatic rings. The SMILES string of the molecule is CCn1c(SCC(=O)NCCc2cc(C)ccc2OC)nnc1-c1cccc(C)c1. The summed E-state index contributed by atoms with van der Waals surface area (Å²) in [5.74, 6) is 1.96. The normalized spacial score (nSPS) is 10.8. The zero-order chi connectivity index (χ0) is 21.5. The number of rotatable bonds is 9. The number of amides is 1. The van der Waals surface area contributed by atoms with Gasteiger partial charge in [0.1, 0.15) is 5.75 Å². The fourth-order valence-electron chi connectivity index (χ4n) is 3.30. The van der Waals surface area contributed by atoms with Crippen molar-refractivity contribution >= 4 is 17.7 Å². The molecule has 7 heteroatoms. The highest BCUT2D eigenvalue weighted by Crippen LogP contribution is 2.24. The first-order valence-corrected chi connectivity index (χ1v) is 11.0. The molecule has 6 nitrogen and oxygen atoms in total. The van der Waals surface area contributed by atoms with Crippen LogP contribution in [0.5, 0.6) is 5.75 Å². The highest BCUT2D eigenvalue weighted by molar-refractivity contribution is 7.99. The average molecular weight is 425 g/mol. The number of nitrogens with zero attached hydrogens (tertiary/aromatic N) is 3. The summed E-state index contributed by atoms with van der Waals surface area (Å²) in [6.07, 6.45) is 0.726. The van der Waals surface area contributed by atoms with E-state index in [0.29, 0.717) is 12.3 Å². The Labute approximate surface area is 182 Å². The molecule has 1 N–H and O–H groups in total. The van der Waals surface area contributed by atoms with Gasteiger partial charge in [0.2, 0.25) is 5.91 Å². The predicted octanol–water partition coefficient (Wildman–Crippen LogP) is 4.04. The molecule has 0 aliphatic heterocycles. The summed E-state index contributed by atoms with van der Waals surface area (Å²) < 4.78 is 7.45. The van der Waals surface area contributed by atoms with Crippen LogP contribution in [0.3, 0.4) is 0 Å². The van der Waals surface area contributed by atoms with Crippen molar-refractivity contribution in [3.8, 4) is 17.1 Å².